The second-order valence-electron chi connectivity index (χ2n) is 4.94. The van der Waals surface area contributed by atoms with E-state index < -0.39 is 0 Å². The van der Waals surface area contributed by atoms with Crippen LogP contribution in [0.2, 0.25) is 5.02 Å². The zero-order valence-electron chi connectivity index (χ0n) is 12.7. The van der Waals surface area contributed by atoms with Crippen molar-refractivity contribution in [3.63, 3.8) is 0 Å². The number of amides is 1. The highest BCUT2D eigenvalue weighted by molar-refractivity contribution is 6.30. The van der Waals surface area contributed by atoms with Crippen LogP contribution in [0.4, 0.5) is 11.4 Å². The first kappa shape index (κ1) is 16.2. The van der Waals surface area contributed by atoms with E-state index in [4.69, 9.17) is 16.3 Å². The lowest BCUT2D eigenvalue weighted by molar-refractivity contribution is -0.115. The molecule has 0 aliphatic heterocycles. The topological polar surface area (TPSA) is 50.4 Å². The molecule has 0 aliphatic carbocycles. The van der Waals surface area contributed by atoms with Gasteiger partial charge in [0.15, 0.2) is 0 Å². The Kier molecular flexibility index (Phi) is 5.67. The van der Waals surface area contributed by atoms with E-state index in [9.17, 15) is 4.79 Å². The van der Waals surface area contributed by atoms with Crippen LogP contribution >= 0.6 is 11.6 Å². The molecule has 0 spiro atoms. The van der Waals surface area contributed by atoms with Gasteiger partial charge in [-0.1, -0.05) is 29.3 Å². The summed E-state index contributed by atoms with van der Waals surface area (Å²) in [4.78, 5) is 11.9. The van der Waals surface area contributed by atoms with E-state index in [1.165, 1.54) is 0 Å². The maximum absolute atomic E-state index is 11.9. The van der Waals surface area contributed by atoms with Crippen molar-refractivity contribution in [2.45, 2.75) is 13.3 Å². The Hall–Kier alpha value is -2.20. The van der Waals surface area contributed by atoms with E-state index in [2.05, 4.69) is 10.6 Å². The molecule has 0 bridgehead atoms. The minimum absolute atomic E-state index is 0.0441. The minimum Gasteiger partial charge on any atom is -0.495 e. The van der Waals surface area contributed by atoms with Crippen molar-refractivity contribution in [2.75, 3.05) is 24.3 Å². The van der Waals surface area contributed by atoms with Gasteiger partial charge in [-0.25, -0.2) is 0 Å². The Labute approximate surface area is 135 Å². The van der Waals surface area contributed by atoms with Crippen LogP contribution < -0.4 is 15.4 Å². The number of halogens is 1. The molecule has 5 heteroatoms. The largest absolute Gasteiger partial charge is 0.495 e. The fraction of sp³-hybridized carbons (Fsp3) is 0.235. The molecule has 0 unspecified atom stereocenters. The normalized spacial score (nSPS) is 10.1. The first-order valence-electron chi connectivity index (χ1n) is 7.02. The molecule has 0 aromatic heterocycles. The minimum atomic E-state index is -0.0441. The van der Waals surface area contributed by atoms with Gasteiger partial charge < -0.3 is 15.4 Å². The Morgan fingerprint density at radius 2 is 1.91 bits per heavy atom. The van der Waals surface area contributed by atoms with Gasteiger partial charge in [-0.05, 0) is 37.3 Å². The molecule has 2 N–H and O–H groups in total. The second kappa shape index (κ2) is 7.71. The summed E-state index contributed by atoms with van der Waals surface area (Å²) < 4.78 is 5.24. The zero-order valence-corrected chi connectivity index (χ0v) is 13.4. The molecule has 2 aromatic rings. The summed E-state index contributed by atoms with van der Waals surface area (Å²) in [6.45, 7) is 2.50. The molecule has 0 heterocycles. The molecule has 2 rings (SSSR count). The van der Waals surface area contributed by atoms with Crippen molar-refractivity contribution in [1.29, 1.82) is 0 Å². The molecule has 0 radical (unpaired) electrons. The number of rotatable bonds is 6. The van der Waals surface area contributed by atoms with Crippen molar-refractivity contribution in [3.05, 3.63) is 53.1 Å². The van der Waals surface area contributed by atoms with E-state index in [0.717, 1.165) is 16.9 Å². The number of methoxy groups -OCH3 is 1. The molecule has 2 aromatic carbocycles. The highest BCUT2D eigenvalue weighted by Gasteiger charge is 2.06. The van der Waals surface area contributed by atoms with E-state index in [0.29, 0.717) is 23.7 Å². The van der Waals surface area contributed by atoms with Crippen molar-refractivity contribution in [1.82, 2.24) is 0 Å². The Morgan fingerprint density at radius 3 is 2.59 bits per heavy atom. The third-order valence-corrected chi connectivity index (χ3v) is 3.40. The number of hydrogen-bond acceptors (Lipinski definition) is 3. The van der Waals surface area contributed by atoms with E-state index in [1.54, 1.807) is 25.3 Å². The maximum atomic E-state index is 11.9. The lowest BCUT2D eigenvalue weighted by Crippen LogP contribution is -2.16. The summed E-state index contributed by atoms with van der Waals surface area (Å²) in [5.74, 6) is 0.653. The number of carbonyl (C=O) groups excluding carboxylic acids is 1. The first-order chi connectivity index (χ1) is 10.6. The van der Waals surface area contributed by atoms with Crippen LogP contribution in [0.3, 0.4) is 0 Å². The molecule has 1 amide bonds. The molecule has 22 heavy (non-hydrogen) atoms. The van der Waals surface area contributed by atoms with Gasteiger partial charge >= 0.3 is 0 Å². The Morgan fingerprint density at radius 1 is 1.18 bits per heavy atom. The maximum Gasteiger partial charge on any atom is 0.226 e. The summed E-state index contributed by atoms with van der Waals surface area (Å²) in [5.41, 5.74) is 2.74. The van der Waals surface area contributed by atoms with Gasteiger partial charge in [0.25, 0.3) is 0 Å². The highest BCUT2D eigenvalue weighted by atomic mass is 35.5. The summed E-state index contributed by atoms with van der Waals surface area (Å²) in [7, 11) is 1.60. The molecule has 116 valence electrons. The predicted octanol–water partition coefficient (Wildman–Crippen LogP) is 4.10. The number of hydrogen-bond donors (Lipinski definition) is 2. The number of aryl methyl sites for hydroxylation is 1. The summed E-state index contributed by atoms with van der Waals surface area (Å²) >= 11 is 5.96. The van der Waals surface area contributed by atoms with Crippen LogP contribution in [0.15, 0.2) is 42.5 Å². The number of benzene rings is 2. The number of anilines is 2. The average Bonchev–Trinajstić information content (AvgIpc) is 2.50. The third-order valence-electron chi connectivity index (χ3n) is 3.16. The number of carbonyl (C=O) groups is 1. The van der Waals surface area contributed by atoms with Gasteiger partial charge in [-0.15, -0.1) is 0 Å². The van der Waals surface area contributed by atoms with Gasteiger partial charge in [-0.2, -0.15) is 0 Å². The van der Waals surface area contributed by atoms with Crippen LogP contribution in [-0.4, -0.2) is 19.6 Å². The molecule has 0 saturated heterocycles. The predicted molar refractivity (Wildman–Crippen MR) is 90.9 cm³/mol. The van der Waals surface area contributed by atoms with Crippen LogP contribution in [-0.2, 0) is 4.79 Å². The van der Waals surface area contributed by atoms with Gasteiger partial charge in [-0.3, -0.25) is 4.79 Å². The average molecular weight is 319 g/mol. The smallest absolute Gasteiger partial charge is 0.226 e. The second-order valence-corrected chi connectivity index (χ2v) is 5.37. The van der Waals surface area contributed by atoms with Gasteiger partial charge in [0.1, 0.15) is 5.75 Å². The number of nitrogens with one attached hydrogen (secondary N) is 2. The Bertz CT molecular complexity index is 642. The van der Waals surface area contributed by atoms with Crippen molar-refractivity contribution >= 4 is 28.9 Å². The molecule has 0 fully saturated rings. The van der Waals surface area contributed by atoms with E-state index in [1.807, 2.05) is 31.2 Å². The summed E-state index contributed by atoms with van der Waals surface area (Å²) in [6, 6.07) is 13.0. The molecule has 0 saturated carbocycles. The molecular formula is C17H19ClN2O2. The van der Waals surface area contributed by atoms with Crippen molar-refractivity contribution in [3.8, 4) is 5.75 Å². The van der Waals surface area contributed by atoms with Gasteiger partial charge in [0.05, 0.1) is 12.8 Å². The molecule has 0 aliphatic rings. The quantitative estimate of drug-likeness (QED) is 0.843. The SMILES string of the molecule is COc1ccc(Cl)cc1NCCC(=O)Nc1ccc(C)cc1. The lowest BCUT2D eigenvalue weighted by Gasteiger charge is -2.11. The van der Waals surface area contributed by atoms with Gasteiger partial charge in [0, 0.05) is 23.7 Å². The Balaban J connectivity index is 1.84. The lowest BCUT2D eigenvalue weighted by atomic mass is 10.2. The van der Waals surface area contributed by atoms with Crippen LogP contribution in [0.1, 0.15) is 12.0 Å². The zero-order chi connectivity index (χ0) is 15.9. The first-order valence-corrected chi connectivity index (χ1v) is 7.40. The summed E-state index contributed by atoms with van der Waals surface area (Å²) in [6.07, 6.45) is 0.351. The molecule has 0 atom stereocenters. The molecule has 4 nitrogen and oxygen atoms in total. The van der Waals surface area contributed by atoms with Crippen molar-refractivity contribution < 1.29 is 9.53 Å². The fourth-order valence-electron chi connectivity index (χ4n) is 1.99. The van der Waals surface area contributed by atoms with Gasteiger partial charge in [0.2, 0.25) is 5.91 Å². The van der Waals surface area contributed by atoms with E-state index >= 15 is 0 Å². The van der Waals surface area contributed by atoms with Crippen LogP contribution in [0.25, 0.3) is 0 Å². The van der Waals surface area contributed by atoms with Crippen molar-refractivity contribution in [2.24, 2.45) is 0 Å². The van der Waals surface area contributed by atoms with E-state index in [-0.39, 0.29) is 5.91 Å². The summed E-state index contributed by atoms with van der Waals surface area (Å²) in [5, 5.41) is 6.64. The molecular weight excluding hydrogens is 300 g/mol. The van der Waals surface area contributed by atoms with Crippen LogP contribution in [0.5, 0.6) is 5.75 Å². The highest BCUT2D eigenvalue weighted by Crippen LogP contribution is 2.27. The van der Waals surface area contributed by atoms with Crippen LogP contribution in [0, 0.1) is 6.92 Å². The number of ether oxygens (including phenoxy) is 1. The fourth-order valence-corrected chi connectivity index (χ4v) is 2.16. The third kappa shape index (κ3) is 4.67. The monoisotopic (exact) mass is 318 g/mol. The standard InChI is InChI=1S/C17H19ClN2O2/c1-12-3-6-14(7-4-12)20-17(21)9-10-19-15-11-13(18)5-8-16(15)22-2/h3-8,11,19H,9-10H2,1-2H3,(H,20,21).